The van der Waals surface area contributed by atoms with Crippen LogP contribution in [0.4, 0.5) is 8.78 Å². The van der Waals surface area contributed by atoms with Crippen molar-refractivity contribution < 1.29 is 26.7 Å². The molecule has 0 aliphatic rings. The lowest BCUT2D eigenvalue weighted by atomic mass is 10.1. The first-order chi connectivity index (χ1) is 14.7. The minimum atomic E-state index is -3.53. The highest BCUT2D eigenvalue weighted by Gasteiger charge is 2.21. The predicted molar refractivity (Wildman–Crippen MR) is 114 cm³/mol. The molecule has 6 nitrogen and oxygen atoms in total. The third-order valence-corrected chi connectivity index (χ3v) is 6.86. The van der Waals surface area contributed by atoms with Gasteiger partial charge in [0.25, 0.3) is 0 Å². The Morgan fingerprint density at radius 2 is 1.74 bits per heavy atom. The summed E-state index contributed by atoms with van der Waals surface area (Å²) in [5.74, 6) is -1.74. The van der Waals surface area contributed by atoms with Crippen LogP contribution in [-0.4, -0.2) is 38.3 Å². The molecular weight excluding hydrogens is 426 g/mol. The van der Waals surface area contributed by atoms with Crippen LogP contribution in [0, 0.1) is 11.6 Å². The van der Waals surface area contributed by atoms with E-state index in [4.69, 9.17) is 4.74 Å². The van der Waals surface area contributed by atoms with Gasteiger partial charge in [-0.1, -0.05) is 26.0 Å². The van der Waals surface area contributed by atoms with Gasteiger partial charge in [0.1, 0.15) is 5.82 Å². The van der Waals surface area contributed by atoms with Crippen LogP contribution in [0.15, 0.2) is 47.4 Å². The van der Waals surface area contributed by atoms with E-state index in [0.717, 1.165) is 17.7 Å². The summed E-state index contributed by atoms with van der Waals surface area (Å²) in [7, 11) is -3.53. The minimum absolute atomic E-state index is 0.0603. The average Bonchev–Trinajstić information content (AvgIpc) is 2.73. The number of ether oxygens (including phenoxy) is 1. The molecular formula is C22H28F2N2O4S. The molecule has 0 fully saturated rings. The molecule has 0 aliphatic heterocycles. The minimum Gasteiger partial charge on any atom is -0.491 e. The Morgan fingerprint density at radius 3 is 2.32 bits per heavy atom. The molecule has 1 amide bonds. The molecule has 1 unspecified atom stereocenters. The van der Waals surface area contributed by atoms with Gasteiger partial charge in [0.15, 0.2) is 11.6 Å². The van der Waals surface area contributed by atoms with Gasteiger partial charge in [-0.25, -0.2) is 17.2 Å². The molecule has 1 atom stereocenters. The van der Waals surface area contributed by atoms with Crippen LogP contribution >= 0.6 is 0 Å². The van der Waals surface area contributed by atoms with Gasteiger partial charge >= 0.3 is 0 Å². The van der Waals surface area contributed by atoms with Crippen molar-refractivity contribution in [2.45, 2.75) is 44.6 Å². The van der Waals surface area contributed by atoms with E-state index in [9.17, 15) is 22.0 Å². The molecule has 31 heavy (non-hydrogen) atoms. The van der Waals surface area contributed by atoms with E-state index in [1.807, 2.05) is 0 Å². The fraction of sp³-hybridized carbons (Fsp3) is 0.409. The smallest absolute Gasteiger partial charge is 0.243 e. The van der Waals surface area contributed by atoms with Gasteiger partial charge in [-0.3, -0.25) is 4.79 Å². The maximum Gasteiger partial charge on any atom is 0.243 e. The van der Waals surface area contributed by atoms with Gasteiger partial charge in [-0.15, -0.1) is 0 Å². The Bertz CT molecular complexity index is 978. The fourth-order valence-electron chi connectivity index (χ4n) is 3.05. The van der Waals surface area contributed by atoms with E-state index in [0.29, 0.717) is 19.5 Å². The Hall–Kier alpha value is -2.52. The van der Waals surface area contributed by atoms with Gasteiger partial charge in [0.2, 0.25) is 15.9 Å². The summed E-state index contributed by atoms with van der Waals surface area (Å²) >= 11 is 0. The lowest BCUT2D eigenvalue weighted by Gasteiger charge is -2.19. The number of hydrogen-bond acceptors (Lipinski definition) is 4. The SMILES string of the molecule is CCN(CC)S(=O)(=O)c1ccc(C(C)NC(=O)CCCOc2ccc(F)cc2F)cc1. The van der Waals surface area contributed by atoms with E-state index in [1.165, 1.54) is 22.5 Å². The van der Waals surface area contributed by atoms with E-state index >= 15 is 0 Å². The Kier molecular flexibility index (Phi) is 8.94. The first-order valence-electron chi connectivity index (χ1n) is 10.2. The van der Waals surface area contributed by atoms with Crippen LogP contribution in [-0.2, 0) is 14.8 Å². The van der Waals surface area contributed by atoms with Crippen LogP contribution < -0.4 is 10.1 Å². The molecule has 0 radical (unpaired) electrons. The van der Waals surface area contributed by atoms with Crippen molar-refractivity contribution in [3.8, 4) is 5.75 Å². The van der Waals surface area contributed by atoms with Crippen molar-refractivity contribution >= 4 is 15.9 Å². The lowest BCUT2D eigenvalue weighted by Crippen LogP contribution is -2.30. The molecule has 2 rings (SSSR count). The molecule has 9 heteroatoms. The van der Waals surface area contributed by atoms with Gasteiger partial charge in [-0.2, -0.15) is 4.31 Å². The predicted octanol–water partition coefficient (Wildman–Crippen LogP) is 4.03. The summed E-state index contributed by atoms with van der Waals surface area (Å²) in [6, 6.07) is 9.18. The van der Waals surface area contributed by atoms with Crippen LogP contribution in [0.2, 0.25) is 0 Å². The second-order valence-electron chi connectivity index (χ2n) is 6.97. The van der Waals surface area contributed by atoms with Gasteiger partial charge < -0.3 is 10.1 Å². The highest BCUT2D eigenvalue weighted by Crippen LogP contribution is 2.20. The van der Waals surface area contributed by atoms with Crippen molar-refractivity contribution in [1.29, 1.82) is 0 Å². The molecule has 0 heterocycles. The molecule has 170 valence electrons. The summed E-state index contributed by atoms with van der Waals surface area (Å²) in [5, 5.41) is 2.84. The summed E-state index contributed by atoms with van der Waals surface area (Å²) in [6.45, 7) is 6.27. The topological polar surface area (TPSA) is 75.7 Å². The number of halogens is 2. The molecule has 0 saturated heterocycles. The first-order valence-corrected chi connectivity index (χ1v) is 11.6. The Morgan fingerprint density at radius 1 is 1.10 bits per heavy atom. The summed E-state index contributed by atoms with van der Waals surface area (Å²) in [4.78, 5) is 12.4. The molecule has 2 aromatic rings. The summed E-state index contributed by atoms with van der Waals surface area (Å²) < 4.78 is 58.1. The van der Waals surface area contributed by atoms with Crippen molar-refractivity contribution in [1.82, 2.24) is 9.62 Å². The van der Waals surface area contributed by atoms with Crippen molar-refractivity contribution in [3.63, 3.8) is 0 Å². The van der Waals surface area contributed by atoms with Crippen molar-refractivity contribution in [3.05, 3.63) is 59.7 Å². The Balaban J connectivity index is 1.84. The first kappa shape index (κ1) is 24.7. The number of hydrogen-bond donors (Lipinski definition) is 1. The largest absolute Gasteiger partial charge is 0.491 e. The fourth-order valence-corrected chi connectivity index (χ4v) is 4.50. The van der Waals surface area contributed by atoms with Gasteiger partial charge in [-0.05, 0) is 43.2 Å². The maximum atomic E-state index is 13.5. The lowest BCUT2D eigenvalue weighted by molar-refractivity contribution is -0.121. The molecule has 2 aromatic carbocycles. The molecule has 0 bridgehead atoms. The highest BCUT2D eigenvalue weighted by molar-refractivity contribution is 7.89. The number of nitrogens with one attached hydrogen (secondary N) is 1. The maximum absolute atomic E-state index is 13.5. The number of carbonyl (C=O) groups excluding carboxylic acids is 1. The zero-order chi connectivity index (χ0) is 23.0. The molecule has 0 aliphatic carbocycles. The molecule has 0 spiro atoms. The van der Waals surface area contributed by atoms with Gasteiger partial charge in [0.05, 0.1) is 17.5 Å². The second-order valence-corrected chi connectivity index (χ2v) is 8.91. The quantitative estimate of drug-likeness (QED) is 0.520. The van der Waals surface area contributed by atoms with Crippen molar-refractivity contribution in [2.24, 2.45) is 0 Å². The van der Waals surface area contributed by atoms with E-state index in [1.54, 1.807) is 32.9 Å². The highest BCUT2D eigenvalue weighted by atomic mass is 32.2. The average molecular weight is 455 g/mol. The molecule has 1 N–H and O–H groups in total. The van der Waals surface area contributed by atoms with Gasteiger partial charge in [0, 0.05) is 25.6 Å². The van der Waals surface area contributed by atoms with Crippen LogP contribution in [0.3, 0.4) is 0 Å². The summed E-state index contributed by atoms with van der Waals surface area (Å²) in [6.07, 6.45) is 0.526. The summed E-state index contributed by atoms with van der Waals surface area (Å²) in [5.41, 5.74) is 0.775. The third-order valence-electron chi connectivity index (χ3n) is 4.80. The number of sulfonamides is 1. The zero-order valence-corrected chi connectivity index (χ0v) is 18.7. The molecule has 0 aromatic heterocycles. The van der Waals surface area contributed by atoms with Crippen LogP contribution in [0.1, 0.15) is 45.2 Å². The van der Waals surface area contributed by atoms with E-state index in [-0.39, 0.29) is 35.6 Å². The molecule has 0 saturated carbocycles. The number of benzene rings is 2. The number of nitrogens with zero attached hydrogens (tertiary/aromatic N) is 1. The normalized spacial score (nSPS) is 12.6. The number of carbonyl (C=O) groups is 1. The van der Waals surface area contributed by atoms with Crippen LogP contribution in [0.25, 0.3) is 0 Å². The Labute approximate surface area is 182 Å². The van der Waals surface area contributed by atoms with E-state index in [2.05, 4.69) is 5.32 Å². The number of amides is 1. The van der Waals surface area contributed by atoms with Crippen molar-refractivity contribution in [2.75, 3.05) is 19.7 Å². The number of rotatable bonds is 11. The van der Waals surface area contributed by atoms with E-state index < -0.39 is 21.7 Å². The van der Waals surface area contributed by atoms with Crippen LogP contribution in [0.5, 0.6) is 5.75 Å². The zero-order valence-electron chi connectivity index (χ0n) is 17.9. The monoisotopic (exact) mass is 454 g/mol. The second kappa shape index (κ2) is 11.2. The third kappa shape index (κ3) is 6.73. The standard InChI is InChI=1S/C22H28F2N2O4S/c1-4-26(5-2)31(28,29)19-11-8-17(9-12-19)16(3)25-22(27)7-6-14-30-21-13-10-18(23)15-20(21)24/h8-13,15-16H,4-7,14H2,1-3H3,(H,25,27).